The van der Waals surface area contributed by atoms with E-state index in [9.17, 15) is 0 Å². The first-order chi connectivity index (χ1) is 7.57. The zero-order chi connectivity index (χ0) is 11.6. The molecule has 1 aliphatic carbocycles. The third-order valence-electron chi connectivity index (χ3n) is 3.60. The van der Waals surface area contributed by atoms with Gasteiger partial charge < -0.3 is 5.32 Å². The van der Waals surface area contributed by atoms with E-state index < -0.39 is 0 Å². The molecular formula is C14H22N2. The fraction of sp³-hybridized carbons (Fsp3) is 0.643. The van der Waals surface area contributed by atoms with Crippen LogP contribution in [0.2, 0.25) is 0 Å². The molecule has 1 atom stereocenters. The van der Waals surface area contributed by atoms with Gasteiger partial charge in [0.1, 0.15) is 0 Å². The molecule has 0 radical (unpaired) electrons. The topological polar surface area (TPSA) is 24.9 Å². The molecule has 1 heterocycles. The van der Waals surface area contributed by atoms with Gasteiger partial charge in [0.15, 0.2) is 0 Å². The first kappa shape index (κ1) is 11.4. The summed E-state index contributed by atoms with van der Waals surface area (Å²) in [7, 11) is 0. The predicted molar refractivity (Wildman–Crippen MR) is 68.6 cm³/mol. The second-order valence-corrected chi connectivity index (χ2v) is 5.79. The molecule has 1 saturated carbocycles. The molecule has 2 nitrogen and oxygen atoms in total. The van der Waals surface area contributed by atoms with Crippen molar-refractivity contribution in [1.29, 1.82) is 0 Å². The number of nitrogens with zero attached hydrogens (tertiary/aromatic N) is 1. The van der Waals surface area contributed by atoms with Gasteiger partial charge in [-0.1, -0.05) is 20.3 Å². The maximum absolute atomic E-state index is 4.18. The van der Waals surface area contributed by atoms with Crippen LogP contribution in [-0.4, -0.2) is 11.0 Å². The molecule has 0 aromatic carbocycles. The van der Waals surface area contributed by atoms with Gasteiger partial charge in [-0.25, -0.2) is 0 Å². The predicted octanol–water partition coefficient (Wildman–Crippen LogP) is 3.77. The molecule has 0 aliphatic heterocycles. The van der Waals surface area contributed by atoms with Crippen LogP contribution in [0.1, 0.15) is 45.1 Å². The zero-order valence-corrected chi connectivity index (χ0v) is 10.6. The summed E-state index contributed by atoms with van der Waals surface area (Å²) in [6, 6.07) is 2.68. The standard InChI is InChI=1S/C14H22N2/c1-11-6-8-15-10-13(11)16-12-5-4-7-14(2,3)9-12/h6,8,10,12,16H,4-5,7,9H2,1-3H3. The van der Waals surface area contributed by atoms with Crippen LogP contribution >= 0.6 is 0 Å². The molecule has 88 valence electrons. The molecule has 0 spiro atoms. The Labute approximate surface area is 98.5 Å². The first-order valence-corrected chi connectivity index (χ1v) is 6.24. The van der Waals surface area contributed by atoms with Gasteiger partial charge in [-0.05, 0) is 43.2 Å². The van der Waals surface area contributed by atoms with E-state index in [-0.39, 0.29) is 0 Å². The van der Waals surface area contributed by atoms with E-state index in [1.165, 1.54) is 36.9 Å². The molecule has 1 aromatic heterocycles. The average Bonchev–Trinajstić information content (AvgIpc) is 2.20. The first-order valence-electron chi connectivity index (χ1n) is 6.24. The highest BCUT2D eigenvalue weighted by atomic mass is 14.9. The number of rotatable bonds is 2. The van der Waals surface area contributed by atoms with E-state index in [2.05, 4.69) is 37.1 Å². The number of anilines is 1. The summed E-state index contributed by atoms with van der Waals surface area (Å²) < 4.78 is 0. The van der Waals surface area contributed by atoms with Crippen LogP contribution < -0.4 is 5.32 Å². The molecule has 0 bridgehead atoms. The Bertz CT molecular complexity index is 358. The number of aryl methyl sites for hydroxylation is 1. The Morgan fingerprint density at radius 2 is 2.25 bits per heavy atom. The Morgan fingerprint density at radius 3 is 2.94 bits per heavy atom. The number of hydrogen-bond donors (Lipinski definition) is 1. The van der Waals surface area contributed by atoms with Crippen molar-refractivity contribution < 1.29 is 0 Å². The van der Waals surface area contributed by atoms with Crippen molar-refractivity contribution >= 4 is 5.69 Å². The third kappa shape index (κ3) is 2.75. The van der Waals surface area contributed by atoms with E-state index in [0.29, 0.717) is 11.5 Å². The van der Waals surface area contributed by atoms with Crippen molar-refractivity contribution in [2.24, 2.45) is 5.41 Å². The molecule has 0 amide bonds. The second kappa shape index (κ2) is 4.44. The zero-order valence-electron chi connectivity index (χ0n) is 10.6. The van der Waals surface area contributed by atoms with Crippen molar-refractivity contribution in [1.82, 2.24) is 4.98 Å². The van der Waals surface area contributed by atoms with Crippen LogP contribution in [-0.2, 0) is 0 Å². The molecule has 2 rings (SSSR count). The summed E-state index contributed by atoms with van der Waals surface area (Å²) in [5, 5.41) is 3.64. The maximum Gasteiger partial charge on any atom is 0.0558 e. The summed E-state index contributed by atoms with van der Waals surface area (Å²) in [6.45, 7) is 6.88. The van der Waals surface area contributed by atoms with Gasteiger partial charge in [0, 0.05) is 12.2 Å². The summed E-state index contributed by atoms with van der Waals surface area (Å²) in [5.41, 5.74) is 2.98. The van der Waals surface area contributed by atoms with Gasteiger partial charge in [-0.3, -0.25) is 4.98 Å². The van der Waals surface area contributed by atoms with Gasteiger partial charge in [0.25, 0.3) is 0 Å². The fourth-order valence-corrected chi connectivity index (χ4v) is 2.66. The lowest BCUT2D eigenvalue weighted by molar-refractivity contribution is 0.229. The van der Waals surface area contributed by atoms with Crippen molar-refractivity contribution in [3.05, 3.63) is 24.0 Å². The summed E-state index contributed by atoms with van der Waals surface area (Å²) in [6.07, 6.45) is 9.04. The van der Waals surface area contributed by atoms with E-state index in [1.807, 2.05) is 12.4 Å². The number of aromatic nitrogens is 1. The van der Waals surface area contributed by atoms with Crippen LogP contribution in [0.3, 0.4) is 0 Å². The highest BCUT2D eigenvalue weighted by Gasteiger charge is 2.27. The summed E-state index contributed by atoms with van der Waals surface area (Å²) >= 11 is 0. The Kier molecular flexibility index (Phi) is 3.17. The van der Waals surface area contributed by atoms with E-state index in [1.54, 1.807) is 0 Å². The van der Waals surface area contributed by atoms with Crippen molar-refractivity contribution in [2.45, 2.75) is 52.5 Å². The highest BCUT2D eigenvalue weighted by molar-refractivity contribution is 5.48. The molecule has 1 aliphatic rings. The van der Waals surface area contributed by atoms with Crippen LogP contribution in [0.4, 0.5) is 5.69 Å². The third-order valence-corrected chi connectivity index (χ3v) is 3.60. The van der Waals surface area contributed by atoms with Crippen LogP contribution in [0, 0.1) is 12.3 Å². The van der Waals surface area contributed by atoms with E-state index in [4.69, 9.17) is 0 Å². The minimum Gasteiger partial charge on any atom is -0.381 e. The second-order valence-electron chi connectivity index (χ2n) is 5.79. The lowest BCUT2D eigenvalue weighted by Gasteiger charge is -2.36. The van der Waals surface area contributed by atoms with Crippen LogP contribution in [0.5, 0.6) is 0 Å². The van der Waals surface area contributed by atoms with Gasteiger partial charge in [-0.15, -0.1) is 0 Å². The fourth-order valence-electron chi connectivity index (χ4n) is 2.66. The lowest BCUT2D eigenvalue weighted by Crippen LogP contribution is -2.31. The molecule has 1 fully saturated rings. The average molecular weight is 218 g/mol. The quantitative estimate of drug-likeness (QED) is 0.817. The minimum atomic E-state index is 0.492. The van der Waals surface area contributed by atoms with Gasteiger partial charge in [-0.2, -0.15) is 0 Å². The Hall–Kier alpha value is -1.05. The highest BCUT2D eigenvalue weighted by Crippen LogP contribution is 2.36. The minimum absolute atomic E-state index is 0.492. The van der Waals surface area contributed by atoms with Crippen LogP contribution in [0.15, 0.2) is 18.5 Å². The Balaban J connectivity index is 2.02. The number of pyridine rings is 1. The lowest BCUT2D eigenvalue weighted by atomic mass is 9.75. The van der Waals surface area contributed by atoms with Crippen molar-refractivity contribution in [2.75, 3.05) is 5.32 Å². The van der Waals surface area contributed by atoms with E-state index >= 15 is 0 Å². The Morgan fingerprint density at radius 1 is 1.44 bits per heavy atom. The van der Waals surface area contributed by atoms with E-state index in [0.717, 1.165) is 0 Å². The molecule has 1 N–H and O–H groups in total. The molecule has 0 saturated heterocycles. The molecule has 16 heavy (non-hydrogen) atoms. The number of nitrogens with one attached hydrogen (secondary N) is 1. The van der Waals surface area contributed by atoms with Crippen molar-refractivity contribution in [3.8, 4) is 0 Å². The smallest absolute Gasteiger partial charge is 0.0558 e. The molecule has 1 unspecified atom stereocenters. The molecule has 2 heteroatoms. The normalized spacial score (nSPS) is 24.1. The van der Waals surface area contributed by atoms with Crippen LogP contribution in [0.25, 0.3) is 0 Å². The monoisotopic (exact) mass is 218 g/mol. The summed E-state index contributed by atoms with van der Waals surface area (Å²) in [5.74, 6) is 0. The number of hydrogen-bond acceptors (Lipinski definition) is 2. The maximum atomic E-state index is 4.18. The van der Waals surface area contributed by atoms with Gasteiger partial charge >= 0.3 is 0 Å². The SMILES string of the molecule is Cc1ccncc1NC1CCCC(C)(C)C1. The largest absolute Gasteiger partial charge is 0.381 e. The van der Waals surface area contributed by atoms with Crippen molar-refractivity contribution in [3.63, 3.8) is 0 Å². The van der Waals surface area contributed by atoms with Gasteiger partial charge in [0.2, 0.25) is 0 Å². The van der Waals surface area contributed by atoms with Gasteiger partial charge in [0.05, 0.1) is 11.9 Å². The molecule has 1 aromatic rings. The molecular weight excluding hydrogens is 196 g/mol. The summed E-state index contributed by atoms with van der Waals surface area (Å²) in [4.78, 5) is 4.18.